The van der Waals surface area contributed by atoms with Gasteiger partial charge in [0.2, 0.25) is 0 Å². The summed E-state index contributed by atoms with van der Waals surface area (Å²) in [6, 6.07) is 1.29. The van der Waals surface area contributed by atoms with Crippen LogP contribution >= 0.6 is 0 Å². The van der Waals surface area contributed by atoms with Gasteiger partial charge in [0.25, 0.3) is 0 Å². The lowest BCUT2D eigenvalue weighted by atomic mass is 10.1. The topological polar surface area (TPSA) is 3.24 Å². The lowest BCUT2D eigenvalue weighted by molar-refractivity contribution is 0.151. The molecule has 0 aliphatic heterocycles. The zero-order valence-electron chi connectivity index (χ0n) is 9.88. The minimum Gasteiger partial charge on any atom is -0.298 e. The van der Waals surface area contributed by atoms with Crippen LogP contribution in [0, 0.1) is 5.92 Å². The molecule has 0 saturated carbocycles. The summed E-state index contributed by atoms with van der Waals surface area (Å²) in [5.41, 5.74) is 0. The van der Waals surface area contributed by atoms with Crippen molar-refractivity contribution in [1.82, 2.24) is 4.90 Å². The van der Waals surface area contributed by atoms with E-state index in [1.807, 2.05) is 6.08 Å². The van der Waals surface area contributed by atoms with Gasteiger partial charge >= 0.3 is 0 Å². The molecule has 0 spiro atoms. The molecular formula is C12H25N. The summed E-state index contributed by atoms with van der Waals surface area (Å²) in [5, 5.41) is 0. The lowest BCUT2D eigenvalue weighted by Crippen LogP contribution is -2.39. The molecule has 0 bridgehead atoms. The Balaban J connectivity index is 4.01. The van der Waals surface area contributed by atoms with Crippen molar-refractivity contribution in [2.75, 3.05) is 6.54 Å². The number of hydrogen-bond acceptors (Lipinski definition) is 1. The van der Waals surface area contributed by atoms with E-state index in [4.69, 9.17) is 0 Å². The first-order valence-corrected chi connectivity index (χ1v) is 5.35. The fourth-order valence-corrected chi connectivity index (χ4v) is 1.74. The van der Waals surface area contributed by atoms with Crippen LogP contribution in [0.3, 0.4) is 0 Å². The number of rotatable bonds is 6. The molecule has 1 heteroatoms. The van der Waals surface area contributed by atoms with E-state index in [-0.39, 0.29) is 0 Å². The average Bonchev–Trinajstić information content (AvgIpc) is 1.99. The highest BCUT2D eigenvalue weighted by molar-refractivity contribution is 4.75. The Morgan fingerprint density at radius 1 is 1.08 bits per heavy atom. The molecule has 0 N–H and O–H groups in total. The Morgan fingerprint density at radius 3 is 1.85 bits per heavy atom. The van der Waals surface area contributed by atoms with Gasteiger partial charge in [-0.3, -0.25) is 4.90 Å². The largest absolute Gasteiger partial charge is 0.298 e. The van der Waals surface area contributed by atoms with E-state index in [1.165, 1.54) is 6.54 Å². The van der Waals surface area contributed by atoms with Crippen molar-refractivity contribution >= 4 is 0 Å². The normalized spacial score (nSPS) is 14.2. The molecule has 1 nitrogen and oxygen atoms in total. The van der Waals surface area contributed by atoms with Gasteiger partial charge in [0.15, 0.2) is 0 Å². The summed E-state index contributed by atoms with van der Waals surface area (Å²) in [6.45, 7) is 16.3. The molecule has 13 heavy (non-hydrogen) atoms. The van der Waals surface area contributed by atoms with Crippen LogP contribution in [-0.2, 0) is 0 Å². The van der Waals surface area contributed by atoms with E-state index >= 15 is 0 Å². The first-order chi connectivity index (χ1) is 5.99. The van der Waals surface area contributed by atoms with Crippen molar-refractivity contribution in [3.63, 3.8) is 0 Å². The van der Waals surface area contributed by atoms with Gasteiger partial charge in [0.1, 0.15) is 0 Å². The Bertz CT molecular complexity index is 130. The average molecular weight is 183 g/mol. The predicted octanol–water partition coefficient (Wildman–Crippen LogP) is 3.32. The van der Waals surface area contributed by atoms with Gasteiger partial charge in [-0.25, -0.2) is 0 Å². The molecule has 0 aromatic rings. The highest BCUT2D eigenvalue weighted by Crippen LogP contribution is 2.11. The summed E-state index contributed by atoms with van der Waals surface area (Å²) in [5.74, 6) is 0.724. The standard InChI is InChI=1S/C12H25N/c1-7-8-12(6)9-13(10(2)3)11(4)5/h7,10-12H,1,8-9H2,2-6H3/t12-/m1/s1. The summed E-state index contributed by atoms with van der Waals surface area (Å²) in [7, 11) is 0. The third kappa shape index (κ3) is 5.09. The Kier molecular flexibility index (Phi) is 6.06. The monoisotopic (exact) mass is 183 g/mol. The van der Waals surface area contributed by atoms with E-state index in [2.05, 4.69) is 46.1 Å². The number of hydrogen-bond donors (Lipinski definition) is 0. The molecule has 0 saturated heterocycles. The van der Waals surface area contributed by atoms with Crippen molar-refractivity contribution in [3.8, 4) is 0 Å². The maximum absolute atomic E-state index is 3.78. The van der Waals surface area contributed by atoms with Gasteiger partial charge in [0, 0.05) is 18.6 Å². The zero-order valence-corrected chi connectivity index (χ0v) is 9.88. The van der Waals surface area contributed by atoms with Gasteiger partial charge in [-0.2, -0.15) is 0 Å². The fourth-order valence-electron chi connectivity index (χ4n) is 1.74. The molecule has 0 unspecified atom stereocenters. The highest BCUT2D eigenvalue weighted by atomic mass is 15.2. The molecule has 0 aliphatic carbocycles. The maximum Gasteiger partial charge on any atom is 0.00414 e. The van der Waals surface area contributed by atoms with Crippen LogP contribution < -0.4 is 0 Å². The molecule has 0 aromatic heterocycles. The van der Waals surface area contributed by atoms with Crippen molar-refractivity contribution in [3.05, 3.63) is 12.7 Å². The van der Waals surface area contributed by atoms with Crippen LogP contribution in [-0.4, -0.2) is 23.5 Å². The molecular weight excluding hydrogens is 158 g/mol. The summed E-state index contributed by atoms with van der Waals surface area (Å²) >= 11 is 0. The van der Waals surface area contributed by atoms with Gasteiger partial charge < -0.3 is 0 Å². The lowest BCUT2D eigenvalue weighted by Gasteiger charge is -2.32. The van der Waals surface area contributed by atoms with Gasteiger partial charge in [-0.15, -0.1) is 6.58 Å². The quantitative estimate of drug-likeness (QED) is 0.571. The third-order valence-corrected chi connectivity index (χ3v) is 2.42. The van der Waals surface area contributed by atoms with Gasteiger partial charge in [-0.05, 0) is 40.0 Å². The summed E-state index contributed by atoms with van der Waals surface area (Å²) in [4.78, 5) is 2.54. The smallest absolute Gasteiger partial charge is 0.00414 e. The zero-order chi connectivity index (χ0) is 10.4. The van der Waals surface area contributed by atoms with Crippen molar-refractivity contribution < 1.29 is 0 Å². The molecule has 0 aliphatic rings. The second-order valence-electron chi connectivity index (χ2n) is 4.51. The molecule has 0 amide bonds. The van der Waals surface area contributed by atoms with Crippen LogP contribution in [0.25, 0.3) is 0 Å². The van der Waals surface area contributed by atoms with E-state index in [0.29, 0.717) is 12.1 Å². The third-order valence-electron chi connectivity index (χ3n) is 2.42. The predicted molar refractivity (Wildman–Crippen MR) is 61.0 cm³/mol. The van der Waals surface area contributed by atoms with Gasteiger partial charge in [0.05, 0.1) is 0 Å². The molecule has 0 fully saturated rings. The van der Waals surface area contributed by atoms with Crippen LogP contribution in [0.4, 0.5) is 0 Å². The van der Waals surface area contributed by atoms with Gasteiger partial charge in [-0.1, -0.05) is 13.0 Å². The molecule has 0 aromatic carbocycles. The minimum absolute atomic E-state index is 0.646. The Hall–Kier alpha value is -0.300. The van der Waals surface area contributed by atoms with Crippen LogP contribution in [0.1, 0.15) is 41.0 Å². The van der Waals surface area contributed by atoms with E-state index in [0.717, 1.165) is 12.3 Å². The van der Waals surface area contributed by atoms with E-state index < -0.39 is 0 Å². The van der Waals surface area contributed by atoms with Crippen LogP contribution in [0.15, 0.2) is 12.7 Å². The maximum atomic E-state index is 3.78. The molecule has 0 heterocycles. The minimum atomic E-state index is 0.646. The summed E-state index contributed by atoms with van der Waals surface area (Å²) in [6.07, 6.45) is 3.14. The first-order valence-electron chi connectivity index (χ1n) is 5.35. The molecule has 1 atom stereocenters. The van der Waals surface area contributed by atoms with Crippen LogP contribution in [0.5, 0.6) is 0 Å². The highest BCUT2D eigenvalue weighted by Gasteiger charge is 2.15. The van der Waals surface area contributed by atoms with Crippen molar-refractivity contribution in [1.29, 1.82) is 0 Å². The number of allylic oxidation sites excluding steroid dienone is 1. The second-order valence-corrected chi connectivity index (χ2v) is 4.51. The Labute approximate surface area is 83.8 Å². The number of nitrogens with zero attached hydrogens (tertiary/aromatic N) is 1. The van der Waals surface area contributed by atoms with Crippen molar-refractivity contribution in [2.45, 2.75) is 53.1 Å². The van der Waals surface area contributed by atoms with E-state index in [1.54, 1.807) is 0 Å². The van der Waals surface area contributed by atoms with Crippen molar-refractivity contribution in [2.24, 2.45) is 5.92 Å². The molecule has 0 radical (unpaired) electrons. The van der Waals surface area contributed by atoms with Crippen LogP contribution in [0.2, 0.25) is 0 Å². The molecule has 78 valence electrons. The summed E-state index contributed by atoms with van der Waals surface area (Å²) < 4.78 is 0. The van der Waals surface area contributed by atoms with E-state index in [9.17, 15) is 0 Å². The first kappa shape index (κ1) is 12.7. The fraction of sp³-hybridized carbons (Fsp3) is 0.833. The Morgan fingerprint density at radius 2 is 1.54 bits per heavy atom. The SMILES string of the molecule is C=CC[C@@H](C)CN(C(C)C)C(C)C. The molecule has 0 rings (SSSR count). The second kappa shape index (κ2) is 6.20.